The Hall–Kier alpha value is 0.394. The maximum absolute atomic E-state index is 4.77. The Bertz CT molecular complexity index is 15.1. The molecule has 0 spiro atoms. The molecule has 0 unspecified atom stereocenters. The highest BCUT2D eigenvalue weighted by Crippen LogP contribution is 1.57. The summed E-state index contributed by atoms with van der Waals surface area (Å²) in [6.07, 6.45) is 0. The van der Waals surface area contributed by atoms with Gasteiger partial charge in [-0.3, -0.25) is 0 Å². The molecule has 0 aliphatic heterocycles. The first-order valence-corrected chi connectivity index (χ1v) is 3.86. The molecular weight excluding hydrogens is 96.2 g/mol. The fourth-order valence-electron chi connectivity index (χ4n) is 0.0722. The van der Waals surface area contributed by atoms with Gasteiger partial charge in [0.2, 0.25) is 9.28 Å². The lowest BCUT2D eigenvalue weighted by atomic mass is 10.9. The highest BCUT2D eigenvalue weighted by Gasteiger charge is 1.68. The van der Waals surface area contributed by atoms with Crippen LogP contribution in [0.25, 0.3) is 0 Å². The fourth-order valence-corrected chi connectivity index (χ4v) is 0.650. The number of hydrogen-bond donors (Lipinski definition) is 0. The van der Waals surface area contributed by atoms with Gasteiger partial charge >= 0.3 is 0 Å². The quantitative estimate of drug-likeness (QED) is 0.435. The second-order valence-corrected chi connectivity index (χ2v) is 1.64. The first-order valence-electron chi connectivity index (χ1n) is 1.45. The van der Waals surface area contributed by atoms with Crippen molar-refractivity contribution in [1.29, 1.82) is 0 Å². The van der Waals surface area contributed by atoms with E-state index in [2.05, 4.69) is 9.76 Å². The first-order chi connectivity index (χ1) is 2.41. The minimum Gasteiger partial charge on any atom is -0.422 e. The summed E-state index contributed by atoms with van der Waals surface area (Å²) >= 11 is 0. The maximum atomic E-state index is 4.77. The molecule has 0 saturated heterocycles. The van der Waals surface area contributed by atoms with E-state index in [9.17, 15) is 0 Å². The summed E-state index contributed by atoms with van der Waals surface area (Å²) in [6.45, 7) is 2.77. The largest absolute Gasteiger partial charge is 0.422 e. The molecule has 0 atom stereocenters. The lowest BCUT2D eigenvalue weighted by Crippen LogP contribution is -1.94. The number of rotatable bonds is 2. The Kier molecular flexibility index (Phi) is 4.74. The summed E-state index contributed by atoms with van der Waals surface area (Å²) in [5, 5.41) is 0. The van der Waals surface area contributed by atoms with Gasteiger partial charge in [-0.05, 0) is 6.92 Å². The van der Waals surface area contributed by atoms with Crippen LogP contribution in [-0.4, -0.2) is 25.6 Å². The van der Waals surface area contributed by atoms with Crippen molar-refractivity contribution < 1.29 is 4.43 Å². The minimum absolute atomic E-state index is 0.463. The molecule has 0 rings (SSSR count). The van der Waals surface area contributed by atoms with Crippen molar-refractivity contribution in [2.24, 2.45) is 0 Å². The zero-order valence-corrected chi connectivity index (χ0v) is 5.12. The van der Waals surface area contributed by atoms with Gasteiger partial charge in [0.1, 0.15) is 0 Å². The molecule has 0 aromatic rings. The molecule has 27 valence electrons. The highest BCUT2D eigenvalue weighted by molar-refractivity contribution is 6.85. The van der Waals surface area contributed by atoms with Gasteiger partial charge in [0.25, 0.3) is 0 Å². The molecule has 0 N–H and O–H groups in total. The van der Waals surface area contributed by atoms with Crippen molar-refractivity contribution in [1.82, 2.24) is 0 Å². The summed E-state index contributed by atoms with van der Waals surface area (Å²) in [7, 11) is 3.62. The van der Waals surface area contributed by atoms with E-state index in [-0.39, 0.29) is 0 Å². The monoisotopic (exact) mass is 101 g/mol. The van der Waals surface area contributed by atoms with E-state index in [1.165, 1.54) is 0 Å². The fraction of sp³-hybridized carbons (Fsp3) is 1.00. The lowest BCUT2D eigenvalue weighted by molar-refractivity contribution is 0.371. The molecule has 0 amide bonds. The van der Waals surface area contributed by atoms with Crippen molar-refractivity contribution in [3.63, 3.8) is 0 Å². The van der Waals surface area contributed by atoms with Crippen LogP contribution >= 0.6 is 0 Å². The number of hydrogen-bond acceptors (Lipinski definition) is 1. The van der Waals surface area contributed by atoms with Crippen molar-refractivity contribution >= 4 is 19.0 Å². The van der Waals surface area contributed by atoms with Crippen LogP contribution in [0.15, 0.2) is 0 Å². The van der Waals surface area contributed by atoms with Gasteiger partial charge in [0, 0.05) is 16.4 Å². The van der Waals surface area contributed by atoms with Gasteiger partial charge in [-0.2, -0.15) is 0 Å². The van der Waals surface area contributed by atoms with Gasteiger partial charge < -0.3 is 4.43 Å². The van der Waals surface area contributed by atoms with Gasteiger partial charge in [-0.1, -0.05) is 0 Å². The normalized spacial score (nSPS) is 8.40. The summed E-state index contributed by atoms with van der Waals surface area (Å²) < 4.78 is 4.77. The second-order valence-electron chi connectivity index (χ2n) is 0.535. The third kappa shape index (κ3) is 4.39. The molecule has 0 saturated carbocycles. The second kappa shape index (κ2) is 4.39. The summed E-state index contributed by atoms with van der Waals surface area (Å²) in [5.41, 5.74) is 0. The molecule has 5 radical (unpaired) electrons. The Balaban J connectivity index is 2.19. The topological polar surface area (TPSA) is 9.23 Å². The SMILES string of the molecule is CCO[Si][Si]. The van der Waals surface area contributed by atoms with Gasteiger partial charge in [0.05, 0.1) is 0 Å². The van der Waals surface area contributed by atoms with Crippen molar-refractivity contribution in [3.8, 4) is 0 Å². The molecule has 1 nitrogen and oxygen atoms in total. The van der Waals surface area contributed by atoms with E-state index in [0.717, 1.165) is 6.61 Å². The van der Waals surface area contributed by atoms with E-state index in [1.807, 2.05) is 6.92 Å². The standard InChI is InChI=1S/C2H5OSi2/c1-2-3-5-4/h2H2,1H3. The smallest absolute Gasteiger partial charge is 0.202 e. The molecule has 5 heavy (non-hydrogen) atoms. The molecule has 0 heterocycles. The summed E-state index contributed by atoms with van der Waals surface area (Å²) in [4.78, 5) is 0. The maximum Gasteiger partial charge on any atom is 0.202 e. The third-order valence-corrected chi connectivity index (χ3v) is 1.08. The van der Waals surface area contributed by atoms with Crippen LogP contribution in [0, 0.1) is 0 Å². The van der Waals surface area contributed by atoms with Crippen LogP contribution in [0.2, 0.25) is 0 Å². The van der Waals surface area contributed by atoms with Crippen LogP contribution in [-0.2, 0) is 4.43 Å². The molecule has 0 aromatic heterocycles. The summed E-state index contributed by atoms with van der Waals surface area (Å²) in [6, 6.07) is 0. The van der Waals surface area contributed by atoms with E-state index >= 15 is 0 Å². The average Bonchev–Trinajstić information content (AvgIpc) is 1.41. The van der Waals surface area contributed by atoms with Crippen LogP contribution in [0.1, 0.15) is 6.92 Å². The highest BCUT2D eigenvalue weighted by atomic mass is 29.1. The molecule has 0 aromatic carbocycles. The van der Waals surface area contributed by atoms with Crippen molar-refractivity contribution in [2.45, 2.75) is 6.92 Å². The molecule has 0 fully saturated rings. The van der Waals surface area contributed by atoms with Crippen LogP contribution < -0.4 is 0 Å². The molecular formula is C2H5OSi2. The van der Waals surface area contributed by atoms with Gasteiger partial charge in [-0.15, -0.1) is 0 Å². The van der Waals surface area contributed by atoms with Crippen LogP contribution in [0.3, 0.4) is 0 Å². The molecule has 0 aliphatic carbocycles. The average molecular weight is 101 g/mol. The van der Waals surface area contributed by atoms with E-state index < -0.39 is 0 Å². The Morgan fingerprint density at radius 1 is 2.00 bits per heavy atom. The lowest BCUT2D eigenvalue weighted by Gasteiger charge is -1.84. The minimum atomic E-state index is 0.463. The zero-order valence-electron chi connectivity index (χ0n) is 3.12. The molecule has 0 aliphatic rings. The first kappa shape index (κ1) is 5.39. The molecule has 3 heteroatoms. The Morgan fingerprint density at radius 3 is 2.60 bits per heavy atom. The predicted molar refractivity (Wildman–Crippen MR) is 23.1 cm³/mol. The Labute approximate surface area is 37.9 Å². The van der Waals surface area contributed by atoms with Crippen molar-refractivity contribution in [3.05, 3.63) is 0 Å². The summed E-state index contributed by atoms with van der Waals surface area (Å²) in [5.74, 6) is 0. The van der Waals surface area contributed by atoms with E-state index in [0.29, 0.717) is 9.28 Å². The van der Waals surface area contributed by atoms with E-state index in [1.54, 1.807) is 0 Å². The Morgan fingerprint density at radius 2 is 2.60 bits per heavy atom. The zero-order chi connectivity index (χ0) is 4.12. The van der Waals surface area contributed by atoms with E-state index in [4.69, 9.17) is 4.43 Å². The van der Waals surface area contributed by atoms with Crippen LogP contribution in [0.4, 0.5) is 0 Å². The van der Waals surface area contributed by atoms with Crippen molar-refractivity contribution in [2.75, 3.05) is 6.61 Å². The van der Waals surface area contributed by atoms with Crippen LogP contribution in [0.5, 0.6) is 0 Å². The third-order valence-electron chi connectivity index (χ3n) is 0.217. The molecule has 0 bridgehead atoms. The van der Waals surface area contributed by atoms with Gasteiger partial charge in [-0.25, -0.2) is 0 Å². The predicted octanol–water partition coefficient (Wildman–Crippen LogP) is -0.274. The van der Waals surface area contributed by atoms with Gasteiger partial charge in [0.15, 0.2) is 0 Å².